The van der Waals surface area contributed by atoms with Gasteiger partial charge in [-0.1, -0.05) is 69.9 Å². The molecule has 148 valence electrons. The van der Waals surface area contributed by atoms with Crippen LogP contribution in [0.4, 0.5) is 0 Å². The van der Waals surface area contributed by atoms with Gasteiger partial charge in [-0.2, -0.15) is 0 Å². The minimum absolute atomic E-state index is 0.831. The summed E-state index contributed by atoms with van der Waals surface area (Å²) in [5, 5.41) is 0. The minimum atomic E-state index is 0.831. The van der Waals surface area contributed by atoms with Gasteiger partial charge in [0.1, 0.15) is 5.75 Å². The van der Waals surface area contributed by atoms with E-state index < -0.39 is 0 Å². The Morgan fingerprint density at radius 3 is 1.93 bits per heavy atom. The molecule has 0 aliphatic rings. The van der Waals surface area contributed by atoms with Gasteiger partial charge in [0.05, 0.1) is 6.61 Å². The lowest BCUT2D eigenvalue weighted by Gasteiger charge is -2.15. The van der Waals surface area contributed by atoms with Crippen LogP contribution in [0.2, 0.25) is 0 Å². The van der Waals surface area contributed by atoms with Crippen molar-refractivity contribution in [1.82, 2.24) is 0 Å². The van der Waals surface area contributed by atoms with Crippen molar-refractivity contribution in [3.05, 3.63) is 64.2 Å². The fraction of sp³-hybridized carbons (Fsp3) is 0.538. The maximum absolute atomic E-state index is 5.99. The molecule has 0 spiro atoms. The average molecular weight is 367 g/mol. The highest BCUT2D eigenvalue weighted by Crippen LogP contribution is 2.25. The molecule has 2 aromatic carbocycles. The van der Waals surface area contributed by atoms with Crippen molar-refractivity contribution in [1.29, 1.82) is 0 Å². The lowest BCUT2D eigenvalue weighted by Crippen LogP contribution is -2.02. The van der Waals surface area contributed by atoms with Crippen LogP contribution in [-0.4, -0.2) is 6.61 Å². The van der Waals surface area contributed by atoms with E-state index in [0.29, 0.717) is 0 Å². The first-order valence-electron chi connectivity index (χ1n) is 10.9. The van der Waals surface area contributed by atoms with Gasteiger partial charge >= 0.3 is 0 Å². The molecule has 0 aliphatic carbocycles. The standard InChI is InChI=1S/C26H38O/c1-5-7-9-11-23-12-14-24(15-13-23)16-17-25-18-19-26(22(4)21(25)3)27-20-10-8-6-2/h12-15,18-19H,5-11,16-17,20H2,1-4H3. The van der Waals surface area contributed by atoms with E-state index in [1.807, 2.05) is 0 Å². The highest BCUT2D eigenvalue weighted by molar-refractivity contribution is 5.44. The van der Waals surface area contributed by atoms with Gasteiger partial charge in [0.25, 0.3) is 0 Å². The Labute approximate surface area is 167 Å². The van der Waals surface area contributed by atoms with Gasteiger partial charge in [0.2, 0.25) is 0 Å². The zero-order valence-electron chi connectivity index (χ0n) is 17.9. The summed E-state index contributed by atoms with van der Waals surface area (Å²) >= 11 is 0. The fourth-order valence-corrected chi connectivity index (χ4v) is 3.54. The first-order valence-corrected chi connectivity index (χ1v) is 10.9. The Morgan fingerprint density at radius 2 is 1.26 bits per heavy atom. The van der Waals surface area contributed by atoms with Crippen molar-refractivity contribution in [2.24, 2.45) is 0 Å². The second kappa shape index (κ2) is 11.8. The number of benzene rings is 2. The summed E-state index contributed by atoms with van der Waals surface area (Å²) in [5.41, 5.74) is 7.05. The molecule has 0 aromatic heterocycles. The van der Waals surface area contributed by atoms with Crippen LogP contribution >= 0.6 is 0 Å². The van der Waals surface area contributed by atoms with Crippen molar-refractivity contribution in [3.63, 3.8) is 0 Å². The summed E-state index contributed by atoms with van der Waals surface area (Å²) in [6.45, 7) is 9.75. The van der Waals surface area contributed by atoms with Crippen molar-refractivity contribution in [3.8, 4) is 5.75 Å². The van der Waals surface area contributed by atoms with E-state index in [4.69, 9.17) is 4.74 Å². The Kier molecular flexibility index (Phi) is 9.45. The Bertz CT molecular complexity index is 669. The number of hydrogen-bond acceptors (Lipinski definition) is 1. The minimum Gasteiger partial charge on any atom is -0.493 e. The van der Waals surface area contributed by atoms with Crippen LogP contribution in [0.1, 0.15) is 80.2 Å². The lowest BCUT2D eigenvalue weighted by molar-refractivity contribution is 0.304. The van der Waals surface area contributed by atoms with Crippen molar-refractivity contribution >= 4 is 0 Å². The van der Waals surface area contributed by atoms with E-state index in [1.165, 1.54) is 66.3 Å². The molecule has 0 radical (unpaired) electrons. The predicted octanol–water partition coefficient (Wildman–Crippen LogP) is 7.39. The maximum atomic E-state index is 5.99. The van der Waals surface area contributed by atoms with Crippen LogP contribution in [0.25, 0.3) is 0 Å². The summed E-state index contributed by atoms with van der Waals surface area (Å²) in [5.74, 6) is 1.06. The van der Waals surface area contributed by atoms with E-state index in [2.05, 4.69) is 64.1 Å². The molecule has 1 nitrogen and oxygen atoms in total. The van der Waals surface area contributed by atoms with E-state index in [-0.39, 0.29) is 0 Å². The summed E-state index contributed by atoms with van der Waals surface area (Å²) < 4.78 is 5.99. The molecule has 0 fully saturated rings. The van der Waals surface area contributed by atoms with Crippen LogP contribution in [0.5, 0.6) is 5.75 Å². The molecule has 0 saturated heterocycles. The zero-order valence-corrected chi connectivity index (χ0v) is 17.9. The molecule has 0 N–H and O–H groups in total. The van der Waals surface area contributed by atoms with Crippen LogP contribution in [0.15, 0.2) is 36.4 Å². The normalized spacial score (nSPS) is 11.0. The summed E-state index contributed by atoms with van der Waals surface area (Å²) in [4.78, 5) is 0. The van der Waals surface area contributed by atoms with Crippen molar-refractivity contribution in [2.45, 2.75) is 85.5 Å². The third kappa shape index (κ3) is 7.05. The van der Waals surface area contributed by atoms with Gasteiger partial charge in [-0.25, -0.2) is 0 Å². The van der Waals surface area contributed by atoms with Crippen LogP contribution < -0.4 is 4.74 Å². The third-order valence-electron chi connectivity index (χ3n) is 5.63. The molecule has 0 bridgehead atoms. The lowest BCUT2D eigenvalue weighted by atomic mass is 9.96. The van der Waals surface area contributed by atoms with Crippen molar-refractivity contribution < 1.29 is 4.74 Å². The van der Waals surface area contributed by atoms with E-state index in [9.17, 15) is 0 Å². The molecule has 0 aliphatic heterocycles. The fourth-order valence-electron chi connectivity index (χ4n) is 3.54. The van der Waals surface area contributed by atoms with Gasteiger partial charge in [0, 0.05) is 0 Å². The third-order valence-corrected chi connectivity index (χ3v) is 5.63. The number of rotatable bonds is 12. The first-order chi connectivity index (χ1) is 13.2. The van der Waals surface area contributed by atoms with Gasteiger partial charge in [-0.05, 0) is 79.8 Å². The van der Waals surface area contributed by atoms with E-state index >= 15 is 0 Å². The number of unbranched alkanes of at least 4 members (excludes halogenated alkanes) is 4. The number of ether oxygens (including phenoxy) is 1. The van der Waals surface area contributed by atoms with Crippen LogP contribution in [0, 0.1) is 13.8 Å². The molecule has 2 rings (SSSR count). The van der Waals surface area contributed by atoms with Crippen molar-refractivity contribution in [2.75, 3.05) is 6.61 Å². The molecule has 2 aromatic rings. The molecule has 0 unspecified atom stereocenters. The van der Waals surface area contributed by atoms with Gasteiger partial charge in [0.15, 0.2) is 0 Å². The molecule has 27 heavy (non-hydrogen) atoms. The van der Waals surface area contributed by atoms with Gasteiger partial charge in [-0.15, -0.1) is 0 Å². The molecule has 0 amide bonds. The van der Waals surface area contributed by atoms with Crippen LogP contribution in [0.3, 0.4) is 0 Å². The van der Waals surface area contributed by atoms with E-state index in [0.717, 1.165) is 31.6 Å². The summed E-state index contributed by atoms with van der Waals surface area (Å²) in [7, 11) is 0. The molecule has 0 atom stereocenters. The smallest absolute Gasteiger partial charge is 0.122 e. The van der Waals surface area contributed by atoms with Gasteiger partial charge in [-0.3, -0.25) is 0 Å². The highest BCUT2D eigenvalue weighted by atomic mass is 16.5. The Morgan fingerprint density at radius 1 is 0.630 bits per heavy atom. The largest absolute Gasteiger partial charge is 0.493 e. The SMILES string of the molecule is CCCCCOc1ccc(CCc2ccc(CCCCC)cc2)c(C)c1C. The Hall–Kier alpha value is -1.76. The molecular weight excluding hydrogens is 328 g/mol. The molecule has 0 saturated carbocycles. The second-order valence-corrected chi connectivity index (χ2v) is 7.80. The number of aryl methyl sites for hydroxylation is 3. The predicted molar refractivity (Wildman–Crippen MR) is 118 cm³/mol. The summed E-state index contributed by atoms with van der Waals surface area (Å²) in [6, 6.07) is 13.7. The van der Waals surface area contributed by atoms with E-state index in [1.54, 1.807) is 0 Å². The maximum Gasteiger partial charge on any atom is 0.122 e. The second-order valence-electron chi connectivity index (χ2n) is 7.80. The molecular formula is C26H38O. The highest BCUT2D eigenvalue weighted by Gasteiger charge is 2.08. The number of hydrogen-bond donors (Lipinski definition) is 0. The topological polar surface area (TPSA) is 9.23 Å². The average Bonchev–Trinajstić information content (AvgIpc) is 2.69. The Balaban J connectivity index is 1.88. The zero-order chi connectivity index (χ0) is 19.5. The van der Waals surface area contributed by atoms with Crippen LogP contribution in [-0.2, 0) is 19.3 Å². The molecule has 1 heteroatoms. The summed E-state index contributed by atoms with van der Waals surface area (Å²) in [6.07, 6.45) is 11.0. The first kappa shape index (κ1) is 21.5. The van der Waals surface area contributed by atoms with Gasteiger partial charge < -0.3 is 4.74 Å². The molecule has 0 heterocycles. The monoisotopic (exact) mass is 366 g/mol. The quantitative estimate of drug-likeness (QED) is 0.356.